The number of rotatable bonds is 3. The molecule has 1 fully saturated rings. The Kier molecular flexibility index (Phi) is 5.61. The average molecular weight is 443 g/mol. The second-order valence-corrected chi connectivity index (χ2v) is 10.2. The summed E-state index contributed by atoms with van der Waals surface area (Å²) in [5.41, 5.74) is 3.02. The lowest BCUT2D eigenvalue weighted by Gasteiger charge is -2.41. The van der Waals surface area contributed by atoms with Gasteiger partial charge in [-0.2, -0.15) is 0 Å². The van der Waals surface area contributed by atoms with Crippen molar-refractivity contribution in [3.05, 3.63) is 42.5 Å². The standard InChI is InChI=1S/C23H26N2O5S/c1-15-14-24(23(27)22-5-4-12-30-22)21-13-18(8-11-20(21)25(15)16(2)26)17-6-9-19(10-7-17)31(3,28)29/h6-11,13,15,22H,4-5,12,14H2,1-3H3/t15-,22?/m0/s1. The Balaban J connectivity index is 1.77. The van der Waals surface area contributed by atoms with Crippen LogP contribution >= 0.6 is 0 Å². The Bertz CT molecular complexity index is 1120. The largest absolute Gasteiger partial charge is 0.368 e. The fourth-order valence-electron chi connectivity index (χ4n) is 4.33. The van der Waals surface area contributed by atoms with Crippen molar-refractivity contribution in [2.45, 2.75) is 43.7 Å². The van der Waals surface area contributed by atoms with Gasteiger partial charge in [0.2, 0.25) is 5.91 Å². The Morgan fingerprint density at radius 2 is 1.71 bits per heavy atom. The molecule has 0 N–H and O–H groups in total. The van der Waals surface area contributed by atoms with Crippen LogP contribution in [0.5, 0.6) is 0 Å². The van der Waals surface area contributed by atoms with Crippen LogP contribution in [0.15, 0.2) is 47.4 Å². The van der Waals surface area contributed by atoms with E-state index in [-0.39, 0.29) is 22.8 Å². The van der Waals surface area contributed by atoms with Crippen LogP contribution in [-0.4, -0.2) is 51.8 Å². The molecule has 0 aromatic heterocycles. The van der Waals surface area contributed by atoms with Gasteiger partial charge < -0.3 is 14.5 Å². The van der Waals surface area contributed by atoms with E-state index >= 15 is 0 Å². The van der Waals surface area contributed by atoms with Gasteiger partial charge in [0.25, 0.3) is 5.91 Å². The van der Waals surface area contributed by atoms with Crippen LogP contribution in [0, 0.1) is 0 Å². The van der Waals surface area contributed by atoms with E-state index < -0.39 is 15.9 Å². The number of ether oxygens (including phenoxy) is 1. The summed E-state index contributed by atoms with van der Waals surface area (Å²) in [6.45, 7) is 4.42. The lowest BCUT2D eigenvalue weighted by molar-refractivity contribution is -0.127. The minimum absolute atomic E-state index is 0.0804. The van der Waals surface area contributed by atoms with Gasteiger partial charge >= 0.3 is 0 Å². The number of hydrogen-bond acceptors (Lipinski definition) is 5. The third kappa shape index (κ3) is 4.09. The van der Waals surface area contributed by atoms with Crippen LogP contribution < -0.4 is 9.80 Å². The number of nitrogens with zero attached hydrogens (tertiary/aromatic N) is 2. The van der Waals surface area contributed by atoms with Crippen LogP contribution in [0.4, 0.5) is 11.4 Å². The van der Waals surface area contributed by atoms with Gasteiger partial charge in [-0.25, -0.2) is 8.42 Å². The molecule has 0 spiro atoms. The van der Waals surface area contributed by atoms with E-state index in [2.05, 4.69) is 0 Å². The van der Waals surface area contributed by atoms with Crippen molar-refractivity contribution >= 4 is 33.0 Å². The first-order chi connectivity index (χ1) is 14.7. The topological polar surface area (TPSA) is 84.0 Å². The molecule has 2 aliphatic rings. The molecule has 2 heterocycles. The van der Waals surface area contributed by atoms with Crippen LogP contribution in [0.3, 0.4) is 0 Å². The van der Waals surface area contributed by atoms with Crippen molar-refractivity contribution in [2.75, 3.05) is 29.2 Å². The molecule has 8 heteroatoms. The summed E-state index contributed by atoms with van der Waals surface area (Å²) in [5, 5.41) is 0. The van der Waals surface area contributed by atoms with Gasteiger partial charge in [-0.3, -0.25) is 9.59 Å². The SMILES string of the molecule is CC(=O)N1c2ccc(-c3ccc(S(C)(=O)=O)cc3)cc2N(C(=O)C2CCCO2)C[C@@H]1C. The third-order valence-electron chi connectivity index (χ3n) is 5.84. The zero-order valence-corrected chi connectivity index (χ0v) is 18.7. The maximum atomic E-state index is 13.2. The van der Waals surface area contributed by atoms with Crippen LogP contribution in [0.25, 0.3) is 11.1 Å². The molecule has 2 aliphatic heterocycles. The lowest BCUT2D eigenvalue weighted by atomic mass is 10.00. The molecule has 1 unspecified atom stereocenters. The maximum absolute atomic E-state index is 13.2. The number of benzene rings is 2. The molecule has 0 aliphatic carbocycles. The summed E-state index contributed by atoms with van der Waals surface area (Å²) in [4.78, 5) is 29.2. The summed E-state index contributed by atoms with van der Waals surface area (Å²) in [5.74, 6) is -0.165. The van der Waals surface area contributed by atoms with Gasteiger partial charge in [-0.1, -0.05) is 18.2 Å². The molecule has 31 heavy (non-hydrogen) atoms. The average Bonchev–Trinajstić information content (AvgIpc) is 3.26. The number of sulfone groups is 1. The normalized spacial score (nSPS) is 21.1. The highest BCUT2D eigenvalue weighted by molar-refractivity contribution is 7.90. The zero-order chi connectivity index (χ0) is 22.3. The number of fused-ring (bicyclic) bond motifs is 1. The number of anilines is 2. The van der Waals surface area contributed by atoms with Crippen LogP contribution in [0.1, 0.15) is 26.7 Å². The number of amides is 2. The second-order valence-electron chi connectivity index (χ2n) is 8.19. The molecule has 4 rings (SSSR count). The summed E-state index contributed by atoms with van der Waals surface area (Å²) in [6, 6.07) is 12.1. The van der Waals surface area contributed by atoms with Gasteiger partial charge in [0.15, 0.2) is 9.84 Å². The monoisotopic (exact) mass is 442 g/mol. The van der Waals surface area contributed by atoms with E-state index in [9.17, 15) is 18.0 Å². The first-order valence-corrected chi connectivity index (χ1v) is 12.2. The molecule has 2 amide bonds. The molecule has 0 radical (unpaired) electrons. The Morgan fingerprint density at radius 1 is 1.03 bits per heavy atom. The maximum Gasteiger partial charge on any atom is 0.256 e. The minimum atomic E-state index is -3.28. The van der Waals surface area contributed by atoms with Crippen molar-refractivity contribution in [3.63, 3.8) is 0 Å². The Hall–Kier alpha value is -2.71. The van der Waals surface area contributed by atoms with Crippen molar-refractivity contribution in [1.82, 2.24) is 0 Å². The van der Waals surface area contributed by atoms with E-state index in [4.69, 9.17) is 4.74 Å². The zero-order valence-electron chi connectivity index (χ0n) is 17.9. The molecule has 2 aromatic carbocycles. The molecule has 0 saturated carbocycles. The van der Waals surface area contributed by atoms with Gasteiger partial charge in [-0.05, 0) is 55.2 Å². The molecule has 0 bridgehead atoms. The fraction of sp³-hybridized carbons (Fsp3) is 0.391. The third-order valence-corrected chi connectivity index (χ3v) is 6.97. The van der Waals surface area contributed by atoms with E-state index in [1.807, 2.05) is 25.1 Å². The predicted octanol–water partition coefficient (Wildman–Crippen LogP) is 3.02. The highest BCUT2D eigenvalue weighted by atomic mass is 32.2. The minimum Gasteiger partial charge on any atom is -0.368 e. The van der Waals surface area contributed by atoms with Gasteiger partial charge in [0.1, 0.15) is 6.10 Å². The van der Waals surface area contributed by atoms with Crippen molar-refractivity contribution in [1.29, 1.82) is 0 Å². The molecule has 164 valence electrons. The quantitative estimate of drug-likeness (QED) is 0.730. The van der Waals surface area contributed by atoms with E-state index in [1.54, 1.807) is 34.1 Å². The Labute approximate surface area is 182 Å². The molecule has 2 aromatic rings. The predicted molar refractivity (Wildman–Crippen MR) is 119 cm³/mol. The van der Waals surface area contributed by atoms with Crippen LogP contribution in [0.2, 0.25) is 0 Å². The number of carbonyl (C=O) groups is 2. The summed E-state index contributed by atoms with van der Waals surface area (Å²) < 4.78 is 29.1. The molecule has 1 saturated heterocycles. The van der Waals surface area contributed by atoms with Gasteiger partial charge in [0, 0.05) is 26.3 Å². The number of hydrogen-bond donors (Lipinski definition) is 0. The van der Waals surface area contributed by atoms with E-state index in [1.165, 1.54) is 13.2 Å². The van der Waals surface area contributed by atoms with Crippen LogP contribution in [-0.2, 0) is 24.2 Å². The first-order valence-electron chi connectivity index (χ1n) is 10.3. The molecular formula is C23H26N2O5S. The highest BCUT2D eigenvalue weighted by Crippen LogP contribution is 2.39. The van der Waals surface area contributed by atoms with Crippen molar-refractivity contribution in [2.24, 2.45) is 0 Å². The smallest absolute Gasteiger partial charge is 0.256 e. The van der Waals surface area contributed by atoms with Crippen molar-refractivity contribution < 1.29 is 22.7 Å². The van der Waals surface area contributed by atoms with E-state index in [0.717, 1.165) is 17.5 Å². The first kappa shape index (κ1) is 21.5. The Morgan fingerprint density at radius 3 is 2.29 bits per heavy atom. The molecule has 7 nitrogen and oxygen atoms in total. The van der Waals surface area contributed by atoms with Crippen molar-refractivity contribution in [3.8, 4) is 11.1 Å². The highest BCUT2D eigenvalue weighted by Gasteiger charge is 2.37. The molecule has 2 atom stereocenters. The second kappa shape index (κ2) is 8.09. The summed E-state index contributed by atoms with van der Waals surface area (Å²) >= 11 is 0. The van der Waals surface area contributed by atoms with Gasteiger partial charge in [-0.15, -0.1) is 0 Å². The fourth-order valence-corrected chi connectivity index (χ4v) is 4.96. The summed E-state index contributed by atoms with van der Waals surface area (Å²) in [6.07, 6.45) is 2.27. The summed E-state index contributed by atoms with van der Waals surface area (Å²) in [7, 11) is -3.28. The van der Waals surface area contributed by atoms with E-state index in [0.29, 0.717) is 30.9 Å². The molecular weight excluding hydrogens is 416 g/mol. The van der Waals surface area contributed by atoms with Gasteiger partial charge in [0.05, 0.1) is 22.3 Å². The lowest BCUT2D eigenvalue weighted by Crippen LogP contribution is -2.53. The number of carbonyl (C=O) groups excluding carboxylic acids is 2.